The van der Waals surface area contributed by atoms with E-state index in [-0.39, 0.29) is 5.75 Å². The Labute approximate surface area is 153 Å². The SMILES string of the molecule is CC1(C)CCCN(c2ccc(-c3ccc(-n4cccn4)cc3O)nn2)C1. The molecule has 1 aromatic carbocycles. The van der Waals surface area contributed by atoms with Crippen molar-refractivity contribution in [1.82, 2.24) is 20.0 Å². The summed E-state index contributed by atoms with van der Waals surface area (Å²) < 4.78 is 1.70. The number of phenolic OH excluding ortho intramolecular Hbond substituents is 1. The standard InChI is InChI=1S/C20H23N5O/c1-20(2)9-3-11-24(14-20)19-8-7-17(22-23-19)16-6-5-15(13-18(16)26)25-12-4-10-21-25/h4-8,10,12-13,26H,3,9,11,14H2,1-2H3. The van der Waals surface area contributed by atoms with Gasteiger partial charge in [0.2, 0.25) is 0 Å². The summed E-state index contributed by atoms with van der Waals surface area (Å²) in [4.78, 5) is 2.29. The lowest BCUT2D eigenvalue weighted by Crippen LogP contribution is -2.40. The molecular weight excluding hydrogens is 326 g/mol. The molecule has 6 nitrogen and oxygen atoms in total. The Hall–Kier alpha value is -2.89. The highest BCUT2D eigenvalue weighted by atomic mass is 16.3. The van der Waals surface area contributed by atoms with Crippen molar-refractivity contribution in [2.45, 2.75) is 26.7 Å². The molecular formula is C20H23N5O. The quantitative estimate of drug-likeness (QED) is 0.781. The van der Waals surface area contributed by atoms with E-state index >= 15 is 0 Å². The summed E-state index contributed by atoms with van der Waals surface area (Å²) in [5.74, 6) is 1.06. The summed E-state index contributed by atoms with van der Waals surface area (Å²) in [5.41, 5.74) is 2.43. The molecule has 0 aliphatic carbocycles. The highest BCUT2D eigenvalue weighted by Gasteiger charge is 2.27. The van der Waals surface area contributed by atoms with Crippen LogP contribution in [0.1, 0.15) is 26.7 Å². The average molecular weight is 349 g/mol. The maximum absolute atomic E-state index is 10.4. The lowest BCUT2D eigenvalue weighted by Gasteiger charge is -2.38. The molecule has 0 radical (unpaired) electrons. The van der Waals surface area contributed by atoms with Crippen LogP contribution in [-0.2, 0) is 0 Å². The summed E-state index contributed by atoms with van der Waals surface area (Å²) in [6.07, 6.45) is 5.96. The van der Waals surface area contributed by atoms with Gasteiger partial charge in [-0.2, -0.15) is 5.10 Å². The molecule has 1 fully saturated rings. The third-order valence-corrected chi connectivity index (χ3v) is 4.90. The van der Waals surface area contributed by atoms with Gasteiger partial charge in [0.05, 0.1) is 11.4 Å². The van der Waals surface area contributed by atoms with Gasteiger partial charge in [-0.1, -0.05) is 13.8 Å². The average Bonchev–Trinajstić information content (AvgIpc) is 3.16. The zero-order valence-corrected chi connectivity index (χ0v) is 15.1. The van der Waals surface area contributed by atoms with Crippen molar-refractivity contribution in [3.05, 3.63) is 48.8 Å². The first-order valence-electron chi connectivity index (χ1n) is 8.94. The van der Waals surface area contributed by atoms with Crippen molar-refractivity contribution in [3.8, 4) is 22.7 Å². The number of aromatic hydroxyl groups is 1. The predicted molar refractivity (Wildman–Crippen MR) is 101 cm³/mol. The first-order chi connectivity index (χ1) is 12.5. The van der Waals surface area contributed by atoms with E-state index in [9.17, 15) is 5.11 Å². The number of aromatic nitrogens is 4. The van der Waals surface area contributed by atoms with Crippen LogP contribution < -0.4 is 4.90 Å². The number of rotatable bonds is 3. The van der Waals surface area contributed by atoms with Crippen molar-refractivity contribution in [2.75, 3.05) is 18.0 Å². The van der Waals surface area contributed by atoms with Crippen molar-refractivity contribution in [3.63, 3.8) is 0 Å². The summed E-state index contributed by atoms with van der Waals surface area (Å²) >= 11 is 0. The molecule has 0 spiro atoms. The van der Waals surface area contributed by atoms with E-state index in [0.717, 1.165) is 24.6 Å². The van der Waals surface area contributed by atoms with Gasteiger partial charge in [0.25, 0.3) is 0 Å². The summed E-state index contributed by atoms with van der Waals surface area (Å²) in [7, 11) is 0. The molecule has 1 aliphatic heterocycles. The van der Waals surface area contributed by atoms with Crippen molar-refractivity contribution in [2.24, 2.45) is 5.41 Å². The number of anilines is 1. The summed E-state index contributed by atoms with van der Waals surface area (Å²) in [6.45, 7) is 6.59. The topological polar surface area (TPSA) is 67.1 Å². The molecule has 4 rings (SSSR count). The second-order valence-corrected chi connectivity index (χ2v) is 7.62. The largest absolute Gasteiger partial charge is 0.507 e. The van der Waals surface area contributed by atoms with Gasteiger partial charge in [-0.3, -0.25) is 0 Å². The minimum atomic E-state index is 0.166. The molecule has 0 unspecified atom stereocenters. The van der Waals surface area contributed by atoms with E-state index in [1.54, 1.807) is 16.9 Å². The Bertz CT molecular complexity index is 887. The van der Waals surface area contributed by atoms with Crippen LogP contribution in [-0.4, -0.2) is 38.2 Å². The number of nitrogens with zero attached hydrogens (tertiary/aromatic N) is 5. The van der Waals surface area contributed by atoms with Gasteiger partial charge in [-0.15, -0.1) is 10.2 Å². The number of hydrogen-bond donors (Lipinski definition) is 1. The van der Waals surface area contributed by atoms with Crippen molar-refractivity contribution in [1.29, 1.82) is 0 Å². The van der Waals surface area contributed by atoms with E-state index in [1.807, 2.05) is 36.5 Å². The molecule has 6 heteroatoms. The van der Waals surface area contributed by atoms with E-state index in [0.29, 0.717) is 16.7 Å². The first kappa shape index (κ1) is 16.6. The number of benzene rings is 1. The molecule has 26 heavy (non-hydrogen) atoms. The van der Waals surface area contributed by atoms with Gasteiger partial charge in [-0.05, 0) is 48.6 Å². The Morgan fingerprint density at radius 2 is 2.00 bits per heavy atom. The van der Waals surface area contributed by atoms with Gasteiger partial charge in [0.15, 0.2) is 5.82 Å². The smallest absolute Gasteiger partial charge is 0.151 e. The fourth-order valence-electron chi connectivity index (χ4n) is 3.56. The molecule has 1 saturated heterocycles. The van der Waals surface area contributed by atoms with Crippen molar-refractivity contribution < 1.29 is 5.11 Å². The fraction of sp³-hybridized carbons (Fsp3) is 0.350. The first-order valence-corrected chi connectivity index (χ1v) is 8.94. The van der Waals surface area contributed by atoms with Crippen LogP contribution in [0.4, 0.5) is 5.82 Å². The van der Waals surface area contributed by atoms with E-state index in [1.165, 1.54) is 12.8 Å². The highest BCUT2D eigenvalue weighted by molar-refractivity contribution is 5.69. The molecule has 0 saturated carbocycles. The second kappa shape index (κ2) is 6.44. The minimum absolute atomic E-state index is 0.166. The lowest BCUT2D eigenvalue weighted by molar-refractivity contribution is 0.292. The van der Waals surface area contributed by atoms with Crippen molar-refractivity contribution >= 4 is 5.82 Å². The Morgan fingerprint density at radius 3 is 2.65 bits per heavy atom. The molecule has 3 heterocycles. The third-order valence-electron chi connectivity index (χ3n) is 4.90. The van der Waals surface area contributed by atoms with Crippen LogP contribution in [0.5, 0.6) is 5.75 Å². The van der Waals surface area contributed by atoms with Crippen LogP contribution in [0.15, 0.2) is 48.8 Å². The van der Waals surface area contributed by atoms with Crippen LogP contribution in [0.2, 0.25) is 0 Å². The molecule has 0 amide bonds. The maximum atomic E-state index is 10.4. The third kappa shape index (κ3) is 3.27. The maximum Gasteiger partial charge on any atom is 0.151 e. The predicted octanol–water partition coefficient (Wildman–Crippen LogP) is 3.66. The normalized spacial score (nSPS) is 16.6. The summed E-state index contributed by atoms with van der Waals surface area (Å²) in [5, 5.41) is 23.3. The van der Waals surface area contributed by atoms with Crippen LogP contribution >= 0.6 is 0 Å². The van der Waals surface area contributed by atoms with Gasteiger partial charge >= 0.3 is 0 Å². The van der Waals surface area contributed by atoms with E-state index in [4.69, 9.17) is 0 Å². The second-order valence-electron chi connectivity index (χ2n) is 7.62. The van der Waals surface area contributed by atoms with Crippen LogP contribution in [0.25, 0.3) is 16.9 Å². The molecule has 134 valence electrons. The number of piperidine rings is 1. The molecule has 1 N–H and O–H groups in total. The monoisotopic (exact) mass is 349 g/mol. The molecule has 1 aliphatic rings. The van der Waals surface area contributed by atoms with Gasteiger partial charge in [0, 0.05) is 37.1 Å². The minimum Gasteiger partial charge on any atom is -0.507 e. The zero-order chi connectivity index (χ0) is 18.1. The molecule has 0 bridgehead atoms. The Kier molecular flexibility index (Phi) is 4.11. The van der Waals surface area contributed by atoms with E-state index in [2.05, 4.69) is 34.0 Å². The Morgan fingerprint density at radius 1 is 1.12 bits per heavy atom. The zero-order valence-electron chi connectivity index (χ0n) is 15.1. The highest BCUT2D eigenvalue weighted by Crippen LogP contribution is 2.32. The number of phenols is 1. The summed E-state index contributed by atoms with van der Waals surface area (Å²) in [6, 6.07) is 11.2. The van der Waals surface area contributed by atoms with Gasteiger partial charge < -0.3 is 10.0 Å². The molecule has 3 aromatic rings. The lowest BCUT2D eigenvalue weighted by atomic mass is 9.84. The Balaban J connectivity index is 1.57. The van der Waals surface area contributed by atoms with E-state index < -0.39 is 0 Å². The van der Waals surface area contributed by atoms with Gasteiger partial charge in [0.1, 0.15) is 5.75 Å². The number of hydrogen-bond acceptors (Lipinski definition) is 5. The van der Waals surface area contributed by atoms with Gasteiger partial charge in [-0.25, -0.2) is 4.68 Å². The fourth-order valence-corrected chi connectivity index (χ4v) is 3.56. The molecule has 0 atom stereocenters. The molecule has 2 aromatic heterocycles. The van der Waals surface area contributed by atoms with Crippen LogP contribution in [0.3, 0.4) is 0 Å². The van der Waals surface area contributed by atoms with Crippen LogP contribution in [0, 0.1) is 5.41 Å².